The van der Waals surface area contributed by atoms with Gasteiger partial charge in [-0.25, -0.2) is 8.78 Å². The Bertz CT molecular complexity index is 991. The van der Waals surface area contributed by atoms with Crippen molar-refractivity contribution in [2.24, 2.45) is 0 Å². The molecular formula is C20H24F2N4OS. The molecule has 0 aliphatic carbocycles. The maximum absolute atomic E-state index is 14.6. The van der Waals surface area contributed by atoms with E-state index in [1.54, 1.807) is 18.4 Å². The molecule has 0 spiro atoms. The van der Waals surface area contributed by atoms with Crippen molar-refractivity contribution in [3.8, 4) is 0 Å². The van der Waals surface area contributed by atoms with Crippen LogP contribution in [0.5, 0.6) is 0 Å². The average molecular weight is 407 g/mol. The zero-order chi connectivity index (χ0) is 19.7. The van der Waals surface area contributed by atoms with Gasteiger partial charge in [-0.1, -0.05) is 6.92 Å². The van der Waals surface area contributed by atoms with Crippen molar-refractivity contribution in [3.05, 3.63) is 44.9 Å². The Hall–Kier alpha value is -2.03. The van der Waals surface area contributed by atoms with E-state index in [1.807, 2.05) is 0 Å². The number of piperazine rings is 1. The second-order valence-corrected chi connectivity index (χ2v) is 8.14. The molecule has 0 radical (unpaired) electrons. The Morgan fingerprint density at radius 2 is 2.25 bits per heavy atom. The summed E-state index contributed by atoms with van der Waals surface area (Å²) in [5, 5.41) is 8.29. The number of anilines is 1. The SMILES string of the molecule is CCc1cc2c(s1)NC=c1c(F)c(F)cnc1=C2N1CCNC(CCOC)C1. The first-order valence-electron chi connectivity index (χ1n) is 9.53. The fraction of sp³-hybridized carbons (Fsp3) is 0.450. The van der Waals surface area contributed by atoms with Crippen LogP contribution in [0.15, 0.2) is 12.3 Å². The third-order valence-electron chi connectivity index (χ3n) is 5.21. The van der Waals surface area contributed by atoms with Crippen molar-refractivity contribution >= 4 is 28.2 Å². The van der Waals surface area contributed by atoms with Crippen LogP contribution in [0.1, 0.15) is 23.8 Å². The molecule has 8 heteroatoms. The van der Waals surface area contributed by atoms with E-state index in [0.717, 1.165) is 54.9 Å². The van der Waals surface area contributed by atoms with E-state index < -0.39 is 11.6 Å². The monoisotopic (exact) mass is 406 g/mol. The van der Waals surface area contributed by atoms with Gasteiger partial charge >= 0.3 is 0 Å². The number of halogens is 2. The molecule has 1 unspecified atom stereocenters. The van der Waals surface area contributed by atoms with Crippen molar-refractivity contribution in [1.29, 1.82) is 0 Å². The minimum Gasteiger partial charge on any atom is -0.385 e. The summed E-state index contributed by atoms with van der Waals surface area (Å²) in [5.74, 6) is -1.80. The lowest BCUT2D eigenvalue weighted by Crippen LogP contribution is -2.52. The van der Waals surface area contributed by atoms with E-state index in [-0.39, 0.29) is 11.3 Å². The van der Waals surface area contributed by atoms with E-state index in [4.69, 9.17) is 4.74 Å². The van der Waals surface area contributed by atoms with Gasteiger partial charge < -0.3 is 20.3 Å². The Kier molecular flexibility index (Phi) is 5.61. The lowest BCUT2D eigenvalue weighted by molar-refractivity contribution is 0.166. The number of nitrogens with one attached hydrogen (secondary N) is 2. The van der Waals surface area contributed by atoms with Gasteiger partial charge in [0.1, 0.15) is 5.00 Å². The number of rotatable bonds is 5. The van der Waals surface area contributed by atoms with Crippen LogP contribution in [-0.2, 0) is 11.2 Å². The highest BCUT2D eigenvalue weighted by atomic mass is 32.1. The number of hydrogen-bond donors (Lipinski definition) is 2. The van der Waals surface area contributed by atoms with Gasteiger partial charge in [0.25, 0.3) is 0 Å². The Morgan fingerprint density at radius 1 is 1.39 bits per heavy atom. The molecule has 0 saturated carbocycles. The number of methoxy groups -OCH3 is 1. The van der Waals surface area contributed by atoms with Gasteiger partial charge in [0, 0.05) is 56.0 Å². The van der Waals surface area contributed by atoms with Crippen LogP contribution in [0.3, 0.4) is 0 Å². The summed E-state index contributed by atoms with van der Waals surface area (Å²) in [6, 6.07) is 2.41. The van der Waals surface area contributed by atoms with Crippen LogP contribution in [0.4, 0.5) is 13.8 Å². The summed E-state index contributed by atoms with van der Waals surface area (Å²) in [5.41, 5.74) is 1.87. The number of hydrogen-bond acceptors (Lipinski definition) is 6. The van der Waals surface area contributed by atoms with E-state index in [1.165, 1.54) is 11.1 Å². The molecule has 1 saturated heterocycles. The predicted molar refractivity (Wildman–Crippen MR) is 108 cm³/mol. The van der Waals surface area contributed by atoms with Crippen LogP contribution in [0.25, 0.3) is 11.9 Å². The largest absolute Gasteiger partial charge is 0.385 e. The van der Waals surface area contributed by atoms with Crippen molar-refractivity contribution in [2.45, 2.75) is 25.8 Å². The highest BCUT2D eigenvalue weighted by Gasteiger charge is 2.27. The minimum atomic E-state index is -0.936. The average Bonchev–Trinajstić information content (AvgIpc) is 3.05. The molecule has 150 valence electrons. The molecule has 5 nitrogen and oxygen atoms in total. The molecule has 4 heterocycles. The topological polar surface area (TPSA) is 49.4 Å². The number of nitrogens with zero attached hydrogens (tertiary/aromatic N) is 2. The minimum absolute atomic E-state index is 0.170. The lowest BCUT2D eigenvalue weighted by Gasteiger charge is -2.36. The first-order valence-corrected chi connectivity index (χ1v) is 10.4. The van der Waals surface area contributed by atoms with Gasteiger partial charge in [-0.3, -0.25) is 4.98 Å². The van der Waals surface area contributed by atoms with E-state index in [0.29, 0.717) is 12.0 Å². The van der Waals surface area contributed by atoms with E-state index >= 15 is 0 Å². The highest BCUT2D eigenvalue weighted by molar-refractivity contribution is 7.16. The number of aryl methyl sites for hydroxylation is 1. The maximum atomic E-state index is 14.6. The Morgan fingerprint density at radius 3 is 3.04 bits per heavy atom. The lowest BCUT2D eigenvalue weighted by atomic mass is 10.1. The number of aromatic nitrogens is 1. The Labute approximate surface area is 166 Å². The van der Waals surface area contributed by atoms with Crippen LogP contribution >= 0.6 is 11.3 Å². The first-order chi connectivity index (χ1) is 13.6. The van der Waals surface area contributed by atoms with Crippen molar-refractivity contribution in [1.82, 2.24) is 15.2 Å². The fourth-order valence-corrected chi connectivity index (χ4v) is 4.73. The van der Waals surface area contributed by atoms with E-state index in [9.17, 15) is 8.78 Å². The second-order valence-electron chi connectivity index (χ2n) is 7.01. The molecule has 0 bridgehead atoms. The molecule has 0 amide bonds. The molecule has 4 rings (SSSR count). The maximum Gasteiger partial charge on any atom is 0.177 e. The van der Waals surface area contributed by atoms with Crippen LogP contribution < -0.4 is 21.2 Å². The molecule has 28 heavy (non-hydrogen) atoms. The molecule has 2 aliphatic heterocycles. The molecular weight excluding hydrogens is 382 g/mol. The van der Waals surface area contributed by atoms with Gasteiger partial charge in [0.05, 0.1) is 22.5 Å². The van der Waals surface area contributed by atoms with Crippen molar-refractivity contribution in [3.63, 3.8) is 0 Å². The number of thiophene rings is 1. The number of fused-ring (bicyclic) bond motifs is 2. The summed E-state index contributed by atoms with van der Waals surface area (Å²) < 4.78 is 33.7. The molecule has 2 N–H and O–H groups in total. The summed E-state index contributed by atoms with van der Waals surface area (Å²) in [4.78, 5) is 7.79. The molecule has 1 fully saturated rings. The van der Waals surface area contributed by atoms with E-state index in [2.05, 4.69) is 33.5 Å². The van der Waals surface area contributed by atoms with Gasteiger partial charge in [-0.15, -0.1) is 11.3 Å². The van der Waals surface area contributed by atoms with Crippen LogP contribution in [0.2, 0.25) is 0 Å². The molecule has 0 aromatic carbocycles. The Balaban J connectivity index is 1.87. The standard InChI is InChI=1S/C20H24F2N4OS/c1-3-13-8-14-19(26-6-5-23-12(11-26)4-7-27-2)18-15(9-25-20(14)28-13)17(22)16(21)10-24-18/h8-10,12,23,25H,3-7,11H2,1-2H3. The van der Waals surface area contributed by atoms with Crippen LogP contribution in [0, 0.1) is 11.6 Å². The highest BCUT2D eigenvalue weighted by Crippen LogP contribution is 2.35. The van der Waals surface area contributed by atoms with Gasteiger partial charge in [-0.05, 0) is 18.9 Å². The summed E-state index contributed by atoms with van der Waals surface area (Å²) >= 11 is 1.64. The van der Waals surface area contributed by atoms with Crippen molar-refractivity contribution < 1.29 is 13.5 Å². The summed E-state index contributed by atoms with van der Waals surface area (Å²) in [7, 11) is 1.70. The fourth-order valence-electron chi connectivity index (χ4n) is 3.77. The third kappa shape index (κ3) is 3.52. The molecule has 1 atom stereocenters. The zero-order valence-electron chi connectivity index (χ0n) is 16.0. The van der Waals surface area contributed by atoms with Gasteiger partial charge in [0.15, 0.2) is 11.6 Å². The van der Waals surface area contributed by atoms with Gasteiger partial charge in [0.2, 0.25) is 0 Å². The van der Waals surface area contributed by atoms with Crippen molar-refractivity contribution in [2.75, 3.05) is 38.7 Å². The quantitative estimate of drug-likeness (QED) is 0.790. The summed E-state index contributed by atoms with van der Waals surface area (Å²) in [6.07, 6.45) is 4.32. The third-order valence-corrected chi connectivity index (χ3v) is 6.42. The number of pyridine rings is 1. The molecule has 2 aliphatic rings. The zero-order valence-corrected chi connectivity index (χ0v) is 16.8. The predicted octanol–water partition coefficient (Wildman–Crippen LogP) is 1.61. The first kappa shape index (κ1) is 19.3. The molecule has 2 aromatic heterocycles. The normalized spacial score (nSPS) is 18.8. The van der Waals surface area contributed by atoms with Crippen LogP contribution in [-0.4, -0.2) is 49.3 Å². The second kappa shape index (κ2) is 8.14. The van der Waals surface area contributed by atoms with Gasteiger partial charge in [-0.2, -0.15) is 0 Å². The smallest absolute Gasteiger partial charge is 0.177 e. The number of ether oxygens (including phenoxy) is 1. The molecule has 2 aromatic rings. The summed E-state index contributed by atoms with van der Waals surface area (Å²) in [6.45, 7) is 5.13.